The molecule has 1 aliphatic rings. The van der Waals surface area contributed by atoms with Gasteiger partial charge >= 0.3 is 0 Å². The number of hydrogen-bond acceptors (Lipinski definition) is 6. The second-order valence-corrected chi connectivity index (χ2v) is 5.31. The van der Waals surface area contributed by atoms with Gasteiger partial charge in [-0.1, -0.05) is 13.8 Å². The standard InChI is InChI=1S/C12H21N5S/c1-3-17(4-2)6-5-11-14-10-8-18-7-9(10)12(15-11)16-13/h3-8,13H2,1-2H3,(H,14,15,16). The lowest BCUT2D eigenvalue weighted by atomic mass is 10.2. The predicted molar refractivity (Wildman–Crippen MR) is 76.3 cm³/mol. The molecule has 18 heavy (non-hydrogen) atoms. The lowest BCUT2D eigenvalue weighted by Crippen LogP contribution is -2.26. The van der Waals surface area contributed by atoms with E-state index < -0.39 is 0 Å². The monoisotopic (exact) mass is 267 g/mol. The Bertz CT molecular complexity index is 406. The third-order valence-electron chi connectivity index (χ3n) is 3.31. The summed E-state index contributed by atoms with van der Waals surface area (Å²) in [5.74, 6) is 9.18. The zero-order valence-electron chi connectivity index (χ0n) is 11.1. The molecular weight excluding hydrogens is 246 g/mol. The van der Waals surface area contributed by atoms with Gasteiger partial charge in [0, 0.05) is 30.0 Å². The molecule has 6 heteroatoms. The molecule has 3 N–H and O–H groups in total. The van der Waals surface area contributed by atoms with Crippen molar-refractivity contribution in [3.8, 4) is 0 Å². The summed E-state index contributed by atoms with van der Waals surface area (Å²) in [7, 11) is 0. The van der Waals surface area contributed by atoms with E-state index in [1.807, 2.05) is 11.8 Å². The van der Waals surface area contributed by atoms with E-state index in [-0.39, 0.29) is 0 Å². The van der Waals surface area contributed by atoms with Crippen LogP contribution in [0.1, 0.15) is 30.9 Å². The highest BCUT2D eigenvalue weighted by Gasteiger charge is 2.19. The van der Waals surface area contributed by atoms with Gasteiger partial charge in [0.2, 0.25) is 0 Å². The van der Waals surface area contributed by atoms with Crippen molar-refractivity contribution >= 4 is 17.6 Å². The van der Waals surface area contributed by atoms with E-state index in [0.717, 1.165) is 54.9 Å². The molecule has 0 radical (unpaired) electrons. The molecule has 5 nitrogen and oxygen atoms in total. The molecule has 2 rings (SSSR count). The van der Waals surface area contributed by atoms with Gasteiger partial charge in [0.1, 0.15) is 11.6 Å². The lowest BCUT2D eigenvalue weighted by molar-refractivity contribution is 0.305. The Morgan fingerprint density at radius 1 is 1.28 bits per heavy atom. The van der Waals surface area contributed by atoms with Crippen LogP contribution in [0, 0.1) is 0 Å². The topological polar surface area (TPSA) is 67.1 Å². The molecule has 0 unspecified atom stereocenters. The summed E-state index contributed by atoms with van der Waals surface area (Å²) >= 11 is 1.87. The van der Waals surface area contributed by atoms with E-state index in [9.17, 15) is 0 Å². The molecule has 1 aromatic heterocycles. The number of hydrogen-bond donors (Lipinski definition) is 2. The fraction of sp³-hybridized carbons (Fsp3) is 0.667. The Balaban J connectivity index is 2.09. The Kier molecular flexibility index (Phi) is 4.79. The molecule has 0 aliphatic carbocycles. The number of nitrogens with zero attached hydrogens (tertiary/aromatic N) is 3. The number of thioether (sulfide) groups is 1. The Morgan fingerprint density at radius 3 is 2.72 bits per heavy atom. The first-order valence-corrected chi connectivity index (χ1v) is 7.59. The van der Waals surface area contributed by atoms with Crippen LogP contribution in [0.25, 0.3) is 0 Å². The third-order valence-corrected chi connectivity index (χ3v) is 4.28. The second kappa shape index (κ2) is 6.36. The van der Waals surface area contributed by atoms with Crippen LogP contribution >= 0.6 is 11.8 Å². The molecule has 100 valence electrons. The molecule has 0 aromatic carbocycles. The number of nitrogen functional groups attached to an aromatic ring is 1. The fourth-order valence-corrected chi connectivity index (χ4v) is 3.17. The summed E-state index contributed by atoms with van der Waals surface area (Å²) in [4.78, 5) is 11.5. The minimum absolute atomic E-state index is 0.805. The van der Waals surface area contributed by atoms with Crippen LogP contribution in [-0.4, -0.2) is 34.5 Å². The number of aromatic nitrogens is 2. The minimum atomic E-state index is 0.805. The van der Waals surface area contributed by atoms with Crippen molar-refractivity contribution in [1.29, 1.82) is 0 Å². The van der Waals surface area contributed by atoms with Crippen molar-refractivity contribution in [3.63, 3.8) is 0 Å². The lowest BCUT2D eigenvalue weighted by Gasteiger charge is -2.17. The van der Waals surface area contributed by atoms with Crippen LogP contribution in [-0.2, 0) is 17.9 Å². The highest BCUT2D eigenvalue weighted by molar-refractivity contribution is 7.98. The van der Waals surface area contributed by atoms with E-state index in [1.54, 1.807) is 0 Å². The van der Waals surface area contributed by atoms with Crippen LogP contribution < -0.4 is 11.3 Å². The number of fused-ring (bicyclic) bond motifs is 1. The summed E-state index contributed by atoms with van der Waals surface area (Å²) in [5.41, 5.74) is 5.03. The largest absolute Gasteiger partial charge is 0.308 e. The van der Waals surface area contributed by atoms with Crippen LogP contribution in [0.4, 0.5) is 5.82 Å². The van der Waals surface area contributed by atoms with Gasteiger partial charge in [-0.05, 0) is 13.1 Å². The quantitative estimate of drug-likeness (QED) is 0.600. The first kappa shape index (κ1) is 13.6. The van der Waals surface area contributed by atoms with Crippen molar-refractivity contribution in [2.75, 3.05) is 25.1 Å². The first-order chi connectivity index (χ1) is 8.78. The van der Waals surface area contributed by atoms with E-state index in [4.69, 9.17) is 5.84 Å². The maximum Gasteiger partial charge on any atom is 0.148 e. The smallest absolute Gasteiger partial charge is 0.148 e. The minimum Gasteiger partial charge on any atom is -0.308 e. The third kappa shape index (κ3) is 2.93. The summed E-state index contributed by atoms with van der Waals surface area (Å²) in [6.07, 6.45) is 0.883. The number of rotatable bonds is 6. The molecule has 1 aliphatic heterocycles. The number of hydrazine groups is 1. The number of nitrogens with two attached hydrogens (primary N) is 1. The Labute approximate surface area is 113 Å². The molecule has 0 fully saturated rings. The highest BCUT2D eigenvalue weighted by Crippen LogP contribution is 2.32. The van der Waals surface area contributed by atoms with Gasteiger partial charge in [0.15, 0.2) is 0 Å². The van der Waals surface area contributed by atoms with Gasteiger partial charge < -0.3 is 10.3 Å². The van der Waals surface area contributed by atoms with Gasteiger partial charge in [-0.2, -0.15) is 11.8 Å². The predicted octanol–water partition coefficient (Wildman–Crippen LogP) is 1.39. The van der Waals surface area contributed by atoms with Gasteiger partial charge in [-0.3, -0.25) is 0 Å². The number of anilines is 1. The van der Waals surface area contributed by atoms with Crippen molar-refractivity contribution in [1.82, 2.24) is 14.9 Å². The van der Waals surface area contributed by atoms with Gasteiger partial charge in [-0.25, -0.2) is 15.8 Å². The van der Waals surface area contributed by atoms with E-state index >= 15 is 0 Å². The molecule has 0 spiro atoms. The van der Waals surface area contributed by atoms with Crippen LogP contribution in [0.5, 0.6) is 0 Å². The maximum atomic E-state index is 5.54. The van der Waals surface area contributed by atoms with Crippen LogP contribution in [0.15, 0.2) is 0 Å². The molecule has 0 saturated heterocycles. The Morgan fingerprint density at radius 2 is 2.06 bits per heavy atom. The second-order valence-electron chi connectivity index (χ2n) is 4.33. The SMILES string of the molecule is CCN(CC)CCc1nc2c(c(NN)n1)CSC2. The molecule has 2 heterocycles. The van der Waals surface area contributed by atoms with E-state index in [2.05, 4.69) is 34.1 Å². The van der Waals surface area contributed by atoms with Gasteiger partial charge in [-0.15, -0.1) is 0 Å². The molecule has 0 bridgehead atoms. The zero-order chi connectivity index (χ0) is 13.0. The number of nitrogens with one attached hydrogen (secondary N) is 1. The van der Waals surface area contributed by atoms with Crippen molar-refractivity contribution in [3.05, 3.63) is 17.1 Å². The van der Waals surface area contributed by atoms with Crippen LogP contribution in [0.2, 0.25) is 0 Å². The number of likely N-dealkylation sites (N-methyl/N-ethyl adjacent to an activating group) is 1. The zero-order valence-corrected chi connectivity index (χ0v) is 11.9. The average molecular weight is 267 g/mol. The summed E-state index contributed by atoms with van der Waals surface area (Å²) in [6.45, 7) is 7.49. The fourth-order valence-electron chi connectivity index (χ4n) is 2.13. The molecule has 0 saturated carbocycles. The highest BCUT2D eigenvalue weighted by atomic mass is 32.2. The summed E-state index contributed by atoms with van der Waals surface area (Å²) < 4.78 is 0. The van der Waals surface area contributed by atoms with Crippen molar-refractivity contribution in [2.24, 2.45) is 5.84 Å². The first-order valence-electron chi connectivity index (χ1n) is 6.43. The maximum absolute atomic E-state index is 5.54. The van der Waals surface area contributed by atoms with Crippen molar-refractivity contribution in [2.45, 2.75) is 31.8 Å². The van der Waals surface area contributed by atoms with Crippen LogP contribution in [0.3, 0.4) is 0 Å². The molecule has 0 atom stereocenters. The normalized spacial score (nSPS) is 14.0. The molecule has 1 aromatic rings. The molecular formula is C12H21N5S. The summed E-state index contributed by atoms with van der Waals surface area (Å²) in [5, 5.41) is 0. The van der Waals surface area contributed by atoms with Gasteiger partial charge in [0.05, 0.1) is 5.69 Å². The average Bonchev–Trinajstić information content (AvgIpc) is 2.87. The Hall–Kier alpha value is -0.850. The molecule has 0 amide bonds. The van der Waals surface area contributed by atoms with E-state index in [0.29, 0.717) is 0 Å². The van der Waals surface area contributed by atoms with Gasteiger partial charge in [0.25, 0.3) is 0 Å². The van der Waals surface area contributed by atoms with E-state index in [1.165, 1.54) is 5.56 Å². The summed E-state index contributed by atoms with van der Waals surface area (Å²) in [6, 6.07) is 0. The van der Waals surface area contributed by atoms with Crippen molar-refractivity contribution < 1.29 is 0 Å².